The van der Waals surface area contributed by atoms with E-state index in [1.807, 2.05) is 6.92 Å². The number of nitrogens with zero attached hydrogens (tertiary/aromatic N) is 1. The van der Waals surface area contributed by atoms with Crippen molar-refractivity contribution < 1.29 is 9.90 Å². The van der Waals surface area contributed by atoms with Gasteiger partial charge in [-0.15, -0.1) is 0 Å². The summed E-state index contributed by atoms with van der Waals surface area (Å²) >= 11 is 0. The molecule has 1 rings (SSSR count). The minimum absolute atomic E-state index is 0.0837. The van der Waals surface area contributed by atoms with Crippen molar-refractivity contribution >= 4 is 5.91 Å². The maximum atomic E-state index is 12.2. The third-order valence-electron chi connectivity index (χ3n) is 3.83. The number of carbonyl (C=O) groups is 1. The van der Waals surface area contributed by atoms with Crippen molar-refractivity contribution in [2.24, 2.45) is 11.8 Å². The summed E-state index contributed by atoms with van der Waals surface area (Å²) in [5, 5.41) is 9.75. The highest BCUT2D eigenvalue weighted by Gasteiger charge is 2.25. The van der Waals surface area contributed by atoms with Crippen molar-refractivity contribution in [3.63, 3.8) is 0 Å². The Balaban J connectivity index is 2.39. The SMILES string of the molecule is CC(CC1CCCCC1)C(=O)N(C)CC(C)(C)O. The lowest BCUT2D eigenvalue weighted by Gasteiger charge is -2.30. The van der Waals surface area contributed by atoms with Gasteiger partial charge in [-0.3, -0.25) is 4.79 Å². The van der Waals surface area contributed by atoms with Gasteiger partial charge in [0, 0.05) is 19.5 Å². The lowest BCUT2D eigenvalue weighted by Crippen LogP contribution is -2.42. The molecule has 0 aliphatic heterocycles. The monoisotopic (exact) mass is 255 g/mol. The summed E-state index contributed by atoms with van der Waals surface area (Å²) in [6, 6.07) is 0. The average molecular weight is 255 g/mol. The van der Waals surface area contributed by atoms with Gasteiger partial charge in [0.2, 0.25) is 5.91 Å². The molecule has 1 unspecified atom stereocenters. The highest BCUT2D eigenvalue weighted by molar-refractivity contribution is 5.78. The second-order valence-electron chi connectivity index (χ2n) is 6.65. The molecule has 3 heteroatoms. The molecule has 1 amide bonds. The van der Waals surface area contributed by atoms with E-state index < -0.39 is 5.60 Å². The van der Waals surface area contributed by atoms with Crippen LogP contribution in [0, 0.1) is 11.8 Å². The number of aliphatic hydroxyl groups is 1. The van der Waals surface area contributed by atoms with Gasteiger partial charge in [-0.05, 0) is 26.2 Å². The molecule has 18 heavy (non-hydrogen) atoms. The fourth-order valence-electron chi connectivity index (χ4n) is 3.06. The summed E-state index contributed by atoms with van der Waals surface area (Å²) in [5.41, 5.74) is -0.811. The lowest BCUT2D eigenvalue weighted by atomic mass is 9.83. The molecule has 0 bridgehead atoms. The molecule has 0 saturated heterocycles. The van der Waals surface area contributed by atoms with Crippen molar-refractivity contribution in [1.29, 1.82) is 0 Å². The summed E-state index contributed by atoms with van der Waals surface area (Å²) in [4.78, 5) is 13.9. The molecule has 0 aromatic heterocycles. The number of likely N-dealkylation sites (N-methyl/N-ethyl adjacent to an activating group) is 1. The minimum atomic E-state index is -0.811. The normalized spacial score (nSPS) is 19.6. The summed E-state index contributed by atoms with van der Waals surface area (Å²) in [7, 11) is 1.79. The third-order valence-corrected chi connectivity index (χ3v) is 3.83. The maximum absolute atomic E-state index is 12.2. The second-order valence-corrected chi connectivity index (χ2v) is 6.65. The Morgan fingerprint density at radius 3 is 2.39 bits per heavy atom. The van der Waals surface area contributed by atoms with Gasteiger partial charge >= 0.3 is 0 Å². The third kappa shape index (κ3) is 5.38. The van der Waals surface area contributed by atoms with Crippen molar-refractivity contribution in [3.8, 4) is 0 Å². The molecule has 0 aromatic carbocycles. The second kappa shape index (κ2) is 6.55. The van der Waals surface area contributed by atoms with Crippen LogP contribution in [0.1, 0.15) is 59.3 Å². The first-order chi connectivity index (χ1) is 8.29. The predicted molar refractivity (Wildman–Crippen MR) is 74.3 cm³/mol. The summed E-state index contributed by atoms with van der Waals surface area (Å²) in [5.74, 6) is 0.983. The molecule has 0 radical (unpaired) electrons. The standard InChI is InChI=1S/C15H29NO2/c1-12(10-13-8-6-5-7-9-13)14(17)16(4)11-15(2,3)18/h12-13,18H,5-11H2,1-4H3. The maximum Gasteiger partial charge on any atom is 0.225 e. The van der Waals surface area contributed by atoms with Crippen LogP contribution < -0.4 is 0 Å². The average Bonchev–Trinajstić information content (AvgIpc) is 2.27. The molecule has 3 nitrogen and oxygen atoms in total. The van der Waals surface area contributed by atoms with Crippen LogP contribution in [0.5, 0.6) is 0 Å². The van der Waals surface area contributed by atoms with Gasteiger partial charge in [0.25, 0.3) is 0 Å². The van der Waals surface area contributed by atoms with Crippen LogP contribution in [0.25, 0.3) is 0 Å². The van der Waals surface area contributed by atoms with E-state index in [4.69, 9.17) is 0 Å². The smallest absolute Gasteiger partial charge is 0.225 e. The van der Waals surface area contributed by atoms with Gasteiger partial charge in [-0.2, -0.15) is 0 Å². The van der Waals surface area contributed by atoms with Crippen molar-refractivity contribution in [3.05, 3.63) is 0 Å². The van der Waals surface area contributed by atoms with Crippen molar-refractivity contribution in [2.45, 2.75) is 64.9 Å². The van der Waals surface area contributed by atoms with E-state index in [0.717, 1.165) is 12.3 Å². The molecule has 0 heterocycles. The molecule has 1 N–H and O–H groups in total. The molecule has 106 valence electrons. The fourth-order valence-corrected chi connectivity index (χ4v) is 3.06. The van der Waals surface area contributed by atoms with Gasteiger partial charge in [0.05, 0.1) is 5.60 Å². The lowest BCUT2D eigenvalue weighted by molar-refractivity contribution is -0.137. The van der Waals surface area contributed by atoms with E-state index in [2.05, 4.69) is 0 Å². The van der Waals surface area contributed by atoms with Crippen LogP contribution >= 0.6 is 0 Å². The zero-order chi connectivity index (χ0) is 13.8. The van der Waals surface area contributed by atoms with E-state index in [9.17, 15) is 9.90 Å². The topological polar surface area (TPSA) is 40.5 Å². The van der Waals surface area contributed by atoms with E-state index >= 15 is 0 Å². The number of amides is 1. The summed E-state index contributed by atoms with van der Waals surface area (Å²) in [6.07, 6.45) is 7.59. The molecule has 1 fully saturated rings. The Bertz CT molecular complexity index is 264. The van der Waals surface area contributed by atoms with E-state index in [-0.39, 0.29) is 11.8 Å². The van der Waals surface area contributed by atoms with Gasteiger partial charge < -0.3 is 10.0 Å². The number of hydrogen-bond donors (Lipinski definition) is 1. The number of carbonyl (C=O) groups excluding carboxylic acids is 1. The molecule has 1 aliphatic carbocycles. The van der Waals surface area contributed by atoms with Gasteiger partial charge in [0.1, 0.15) is 0 Å². The molecule has 1 saturated carbocycles. The molecule has 0 aromatic rings. The van der Waals surface area contributed by atoms with Gasteiger partial charge in [0.15, 0.2) is 0 Å². The van der Waals surface area contributed by atoms with Crippen LogP contribution in [0.15, 0.2) is 0 Å². The van der Waals surface area contributed by atoms with E-state index in [1.54, 1.807) is 25.8 Å². The van der Waals surface area contributed by atoms with Crippen LogP contribution in [-0.2, 0) is 4.79 Å². The first kappa shape index (κ1) is 15.5. The van der Waals surface area contributed by atoms with Crippen LogP contribution in [0.2, 0.25) is 0 Å². The Morgan fingerprint density at radius 1 is 1.33 bits per heavy atom. The highest BCUT2D eigenvalue weighted by atomic mass is 16.3. The van der Waals surface area contributed by atoms with Gasteiger partial charge in [-0.25, -0.2) is 0 Å². The molecule has 1 atom stereocenters. The zero-order valence-electron chi connectivity index (χ0n) is 12.4. The van der Waals surface area contributed by atoms with Gasteiger partial charge in [-0.1, -0.05) is 39.0 Å². The fraction of sp³-hybridized carbons (Fsp3) is 0.933. The highest BCUT2D eigenvalue weighted by Crippen LogP contribution is 2.29. The number of rotatable bonds is 5. The molecular weight excluding hydrogens is 226 g/mol. The van der Waals surface area contributed by atoms with Crippen molar-refractivity contribution in [1.82, 2.24) is 4.90 Å². The Morgan fingerprint density at radius 2 is 1.89 bits per heavy atom. The Kier molecular flexibility index (Phi) is 5.64. The largest absolute Gasteiger partial charge is 0.389 e. The summed E-state index contributed by atoms with van der Waals surface area (Å²) < 4.78 is 0. The Hall–Kier alpha value is -0.570. The zero-order valence-corrected chi connectivity index (χ0v) is 12.4. The van der Waals surface area contributed by atoms with E-state index in [0.29, 0.717) is 6.54 Å². The first-order valence-electron chi connectivity index (χ1n) is 7.27. The first-order valence-corrected chi connectivity index (χ1v) is 7.27. The number of hydrogen-bond acceptors (Lipinski definition) is 2. The molecule has 0 spiro atoms. The summed E-state index contributed by atoms with van der Waals surface area (Å²) in [6.45, 7) is 5.91. The molecule has 1 aliphatic rings. The van der Waals surface area contributed by atoms with Crippen LogP contribution in [-0.4, -0.2) is 35.1 Å². The van der Waals surface area contributed by atoms with E-state index in [1.165, 1.54) is 32.1 Å². The quantitative estimate of drug-likeness (QED) is 0.820. The van der Waals surface area contributed by atoms with Crippen LogP contribution in [0.4, 0.5) is 0 Å². The predicted octanol–water partition coefficient (Wildman–Crippen LogP) is 2.82. The van der Waals surface area contributed by atoms with Crippen molar-refractivity contribution in [2.75, 3.05) is 13.6 Å². The molecular formula is C15H29NO2. The van der Waals surface area contributed by atoms with Crippen LogP contribution in [0.3, 0.4) is 0 Å². The Labute approximate surface area is 112 Å². The minimum Gasteiger partial charge on any atom is -0.389 e.